The lowest BCUT2D eigenvalue weighted by Gasteiger charge is -2.30. The van der Waals surface area contributed by atoms with E-state index in [1.807, 2.05) is 6.20 Å². The van der Waals surface area contributed by atoms with Gasteiger partial charge in [0, 0.05) is 6.04 Å². The van der Waals surface area contributed by atoms with E-state index in [9.17, 15) is 0 Å². The quantitative estimate of drug-likeness (QED) is 0.908. The van der Waals surface area contributed by atoms with Gasteiger partial charge in [-0.05, 0) is 41.1 Å². The number of aromatic nitrogens is 1. The fraction of sp³-hybridized carbons (Fsp3) is 0.750. The molecule has 0 spiro atoms. The fourth-order valence-electron chi connectivity index (χ4n) is 2.48. The number of nitrogens with one attached hydrogen (secondary N) is 1. The molecule has 1 aliphatic rings. The Hall–Kier alpha value is 0.0700. The van der Waals surface area contributed by atoms with Crippen LogP contribution in [0.25, 0.3) is 0 Å². The Labute approximate surface area is 110 Å². The predicted octanol–water partition coefficient (Wildman–Crippen LogP) is 4.13. The number of halogens is 1. The van der Waals surface area contributed by atoms with E-state index in [0.717, 1.165) is 3.79 Å². The van der Waals surface area contributed by atoms with E-state index in [0.29, 0.717) is 17.5 Å². The molecule has 0 aliphatic heterocycles. The first-order chi connectivity index (χ1) is 7.49. The van der Waals surface area contributed by atoms with E-state index in [-0.39, 0.29) is 0 Å². The molecule has 1 saturated carbocycles. The Balaban J connectivity index is 1.99. The largest absolute Gasteiger partial charge is 0.305 e. The molecule has 0 radical (unpaired) electrons. The standard InChI is InChI=1S/C12H19BrN2S/c1-8(11-14-7-10(13)16-11)15-9-5-4-6-12(9,2)3/h7-9,15H,4-6H2,1-3H3. The van der Waals surface area contributed by atoms with Gasteiger partial charge >= 0.3 is 0 Å². The molecule has 0 saturated heterocycles. The summed E-state index contributed by atoms with van der Waals surface area (Å²) < 4.78 is 1.11. The second-order valence-electron chi connectivity index (χ2n) is 5.32. The van der Waals surface area contributed by atoms with Crippen molar-refractivity contribution in [2.24, 2.45) is 5.41 Å². The van der Waals surface area contributed by atoms with Crippen LogP contribution in [0.3, 0.4) is 0 Å². The number of rotatable bonds is 3. The molecule has 2 nitrogen and oxygen atoms in total. The third-order valence-electron chi connectivity index (χ3n) is 3.57. The van der Waals surface area contributed by atoms with Crippen LogP contribution in [-0.2, 0) is 0 Å². The Bertz CT molecular complexity index is 362. The first-order valence-corrected chi connectivity index (χ1v) is 7.47. The van der Waals surface area contributed by atoms with Crippen molar-refractivity contribution in [3.8, 4) is 0 Å². The Morgan fingerprint density at radius 3 is 2.88 bits per heavy atom. The second kappa shape index (κ2) is 4.75. The second-order valence-corrected chi connectivity index (χ2v) is 7.77. The molecule has 1 aromatic heterocycles. The maximum absolute atomic E-state index is 4.41. The molecule has 1 N–H and O–H groups in total. The minimum atomic E-state index is 0.360. The highest BCUT2D eigenvalue weighted by molar-refractivity contribution is 9.11. The molecular formula is C12H19BrN2S. The fourth-order valence-corrected chi connectivity index (χ4v) is 3.73. The lowest BCUT2D eigenvalue weighted by molar-refractivity contribution is 0.266. The smallest absolute Gasteiger partial charge is 0.110 e. The maximum Gasteiger partial charge on any atom is 0.110 e. The monoisotopic (exact) mass is 302 g/mol. The van der Waals surface area contributed by atoms with Crippen LogP contribution >= 0.6 is 27.3 Å². The predicted molar refractivity (Wildman–Crippen MR) is 72.8 cm³/mol. The molecular weight excluding hydrogens is 284 g/mol. The van der Waals surface area contributed by atoms with E-state index in [2.05, 4.69) is 47.0 Å². The van der Waals surface area contributed by atoms with Gasteiger partial charge in [0.15, 0.2) is 0 Å². The summed E-state index contributed by atoms with van der Waals surface area (Å²) in [5.74, 6) is 0. The summed E-state index contributed by atoms with van der Waals surface area (Å²) in [6.45, 7) is 6.93. The minimum absolute atomic E-state index is 0.360. The van der Waals surface area contributed by atoms with Gasteiger partial charge in [-0.2, -0.15) is 0 Å². The van der Waals surface area contributed by atoms with Crippen molar-refractivity contribution in [3.63, 3.8) is 0 Å². The van der Waals surface area contributed by atoms with Crippen LogP contribution in [0.2, 0.25) is 0 Å². The highest BCUT2D eigenvalue weighted by Crippen LogP contribution is 2.38. The SMILES string of the molecule is CC(NC1CCCC1(C)C)c1ncc(Br)s1. The molecule has 1 fully saturated rings. The topological polar surface area (TPSA) is 24.9 Å². The van der Waals surface area contributed by atoms with Crippen molar-refractivity contribution < 1.29 is 0 Å². The van der Waals surface area contributed by atoms with Gasteiger partial charge in [-0.1, -0.05) is 20.3 Å². The van der Waals surface area contributed by atoms with Crippen LogP contribution < -0.4 is 5.32 Å². The highest BCUT2D eigenvalue weighted by Gasteiger charge is 2.35. The van der Waals surface area contributed by atoms with Crippen LogP contribution in [0.15, 0.2) is 9.98 Å². The van der Waals surface area contributed by atoms with Gasteiger partial charge < -0.3 is 5.32 Å². The minimum Gasteiger partial charge on any atom is -0.305 e. The zero-order valence-corrected chi connectivity index (χ0v) is 12.5. The first kappa shape index (κ1) is 12.5. The first-order valence-electron chi connectivity index (χ1n) is 5.86. The summed E-state index contributed by atoms with van der Waals surface area (Å²) >= 11 is 5.19. The van der Waals surface area contributed by atoms with Crippen molar-refractivity contribution in [3.05, 3.63) is 15.0 Å². The molecule has 0 amide bonds. The molecule has 90 valence electrons. The molecule has 1 aromatic rings. The number of nitrogens with zero attached hydrogens (tertiary/aromatic N) is 1. The molecule has 2 rings (SSSR count). The summed E-state index contributed by atoms with van der Waals surface area (Å²) in [4.78, 5) is 4.41. The summed E-state index contributed by atoms with van der Waals surface area (Å²) in [5, 5.41) is 4.90. The van der Waals surface area contributed by atoms with Crippen LogP contribution in [0.5, 0.6) is 0 Å². The van der Waals surface area contributed by atoms with Gasteiger partial charge in [-0.15, -0.1) is 11.3 Å². The number of hydrogen-bond donors (Lipinski definition) is 1. The molecule has 4 heteroatoms. The third-order valence-corrected chi connectivity index (χ3v) is 5.23. The van der Waals surface area contributed by atoms with Crippen LogP contribution in [0.1, 0.15) is 51.1 Å². The maximum atomic E-state index is 4.41. The average molecular weight is 303 g/mol. The van der Waals surface area contributed by atoms with Crippen molar-refractivity contribution in [2.45, 2.75) is 52.1 Å². The van der Waals surface area contributed by atoms with Crippen LogP contribution in [0.4, 0.5) is 0 Å². The van der Waals surface area contributed by atoms with Gasteiger partial charge in [0.25, 0.3) is 0 Å². The van der Waals surface area contributed by atoms with Crippen molar-refractivity contribution >= 4 is 27.3 Å². The number of hydrogen-bond acceptors (Lipinski definition) is 3. The van der Waals surface area contributed by atoms with Gasteiger partial charge in [0.05, 0.1) is 16.0 Å². The lowest BCUT2D eigenvalue weighted by Crippen LogP contribution is -2.39. The Kier molecular flexibility index (Phi) is 3.72. The summed E-state index contributed by atoms with van der Waals surface area (Å²) in [5.41, 5.74) is 0.433. The highest BCUT2D eigenvalue weighted by atomic mass is 79.9. The summed E-state index contributed by atoms with van der Waals surface area (Å²) in [6, 6.07) is 0.990. The Morgan fingerprint density at radius 2 is 2.38 bits per heavy atom. The van der Waals surface area contributed by atoms with E-state index >= 15 is 0 Å². The lowest BCUT2D eigenvalue weighted by atomic mass is 9.87. The molecule has 2 unspecified atom stereocenters. The van der Waals surface area contributed by atoms with Gasteiger partial charge in [-0.25, -0.2) is 4.98 Å². The third kappa shape index (κ3) is 2.66. The molecule has 16 heavy (non-hydrogen) atoms. The van der Waals surface area contributed by atoms with Crippen LogP contribution in [-0.4, -0.2) is 11.0 Å². The summed E-state index contributed by atoms with van der Waals surface area (Å²) in [7, 11) is 0. The molecule has 0 aromatic carbocycles. The zero-order chi connectivity index (χ0) is 11.8. The van der Waals surface area contributed by atoms with Gasteiger partial charge in [0.2, 0.25) is 0 Å². The zero-order valence-electron chi connectivity index (χ0n) is 10.1. The van der Waals surface area contributed by atoms with Crippen molar-refractivity contribution in [1.29, 1.82) is 0 Å². The van der Waals surface area contributed by atoms with E-state index in [1.54, 1.807) is 11.3 Å². The normalized spacial score (nSPS) is 25.9. The molecule has 2 atom stereocenters. The molecule has 0 bridgehead atoms. The van der Waals surface area contributed by atoms with Crippen LogP contribution in [0, 0.1) is 5.41 Å². The number of thiazole rings is 1. The van der Waals surface area contributed by atoms with E-state index < -0.39 is 0 Å². The van der Waals surface area contributed by atoms with Gasteiger partial charge in [-0.3, -0.25) is 0 Å². The van der Waals surface area contributed by atoms with E-state index in [1.165, 1.54) is 24.3 Å². The average Bonchev–Trinajstić information content (AvgIpc) is 2.74. The van der Waals surface area contributed by atoms with Gasteiger partial charge in [0.1, 0.15) is 5.01 Å². The van der Waals surface area contributed by atoms with Crippen molar-refractivity contribution in [2.75, 3.05) is 0 Å². The Morgan fingerprint density at radius 1 is 1.62 bits per heavy atom. The molecule has 1 aliphatic carbocycles. The van der Waals surface area contributed by atoms with E-state index in [4.69, 9.17) is 0 Å². The summed E-state index contributed by atoms with van der Waals surface area (Å²) in [6.07, 6.45) is 5.86. The molecule has 1 heterocycles. The van der Waals surface area contributed by atoms with Crippen molar-refractivity contribution in [1.82, 2.24) is 10.3 Å².